The van der Waals surface area contributed by atoms with E-state index < -0.39 is 0 Å². The van der Waals surface area contributed by atoms with Crippen LogP contribution in [0.5, 0.6) is 0 Å². The first-order chi connectivity index (χ1) is 11.2. The van der Waals surface area contributed by atoms with Crippen LogP contribution < -0.4 is 10.6 Å². The molecular weight excluding hydrogens is 316 g/mol. The Hall–Kier alpha value is -2.18. The zero-order valence-electron chi connectivity index (χ0n) is 12.5. The van der Waals surface area contributed by atoms with Crippen LogP contribution in [0.25, 0.3) is 0 Å². The molecule has 120 valence electrons. The second kappa shape index (κ2) is 7.39. The summed E-state index contributed by atoms with van der Waals surface area (Å²) in [6, 6.07) is 11.1. The fourth-order valence-corrected chi connectivity index (χ4v) is 2.41. The molecular formula is C16H17ClN4O2. The Kier molecular flexibility index (Phi) is 5.05. The number of amides is 1. The van der Waals surface area contributed by atoms with Crippen molar-refractivity contribution in [2.75, 3.05) is 17.2 Å². The number of hydrogen-bond acceptors (Lipinski definition) is 5. The van der Waals surface area contributed by atoms with E-state index in [9.17, 15) is 4.79 Å². The van der Waals surface area contributed by atoms with Gasteiger partial charge < -0.3 is 15.4 Å². The van der Waals surface area contributed by atoms with Crippen LogP contribution in [0.1, 0.15) is 18.4 Å². The van der Waals surface area contributed by atoms with E-state index in [2.05, 4.69) is 20.8 Å². The molecule has 1 aromatic carbocycles. The van der Waals surface area contributed by atoms with Crippen LogP contribution in [0.2, 0.25) is 5.02 Å². The van der Waals surface area contributed by atoms with Crippen LogP contribution in [-0.2, 0) is 16.1 Å². The molecule has 6 nitrogen and oxygen atoms in total. The predicted molar refractivity (Wildman–Crippen MR) is 88.4 cm³/mol. The van der Waals surface area contributed by atoms with Crippen molar-refractivity contribution >= 4 is 29.1 Å². The lowest BCUT2D eigenvalue weighted by atomic mass is 10.2. The molecule has 1 atom stereocenters. The molecule has 0 saturated carbocycles. The summed E-state index contributed by atoms with van der Waals surface area (Å²) in [6.07, 6.45) is 1.29. The molecule has 1 aromatic heterocycles. The number of hydrogen-bond donors (Lipinski definition) is 2. The largest absolute Gasteiger partial charge is 0.368 e. The van der Waals surface area contributed by atoms with Gasteiger partial charge in [0.2, 0.25) is 0 Å². The minimum absolute atomic E-state index is 0.168. The molecule has 2 aromatic rings. The van der Waals surface area contributed by atoms with Crippen molar-refractivity contribution in [2.24, 2.45) is 0 Å². The zero-order chi connectivity index (χ0) is 16.1. The maximum Gasteiger partial charge on any atom is 0.254 e. The van der Waals surface area contributed by atoms with E-state index in [1.807, 2.05) is 24.3 Å². The van der Waals surface area contributed by atoms with Crippen LogP contribution in [0.15, 0.2) is 36.4 Å². The lowest BCUT2D eigenvalue weighted by molar-refractivity contribution is -0.124. The van der Waals surface area contributed by atoms with Gasteiger partial charge in [-0.3, -0.25) is 4.79 Å². The highest BCUT2D eigenvalue weighted by atomic mass is 35.5. The molecule has 1 aliphatic heterocycles. The number of nitrogens with zero attached hydrogens (tertiary/aromatic N) is 2. The van der Waals surface area contributed by atoms with Crippen LogP contribution in [0.4, 0.5) is 11.6 Å². The highest BCUT2D eigenvalue weighted by Gasteiger charge is 2.23. The van der Waals surface area contributed by atoms with Crippen molar-refractivity contribution in [3.63, 3.8) is 0 Å². The fraction of sp³-hybridized carbons (Fsp3) is 0.312. The number of anilines is 2. The molecule has 7 heteroatoms. The molecule has 0 radical (unpaired) electrons. The van der Waals surface area contributed by atoms with Crippen LogP contribution >= 0.6 is 11.6 Å². The third kappa shape index (κ3) is 4.40. The molecule has 0 aliphatic carbocycles. The zero-order valence-corrected chi connectivity index (χ0v) is 13.2. The second-order valence-corrected chi connectivity index (χ2v) is 5.71. The van der Waals surface area contributed by atoms with Gasteiger partial charge in [-0.2, -0.15) is 0 Å². The van der Waals surface area contributed by atoms with Crippen molar-refractivity contribution in [3.05, 3.63) is 47.0 Å². The number of benzene rings is 1. The summed E-state index contributed by atoms with van der Waals surface area (Å²) >= 11 is 5.85. The summed E-state index contributed by atoms with van der Waals surface area (Å²) in [5, 5.41) is 14.6. The van der Waals surface area contributed by atoms with Gasteiger partial charge >= 0.3 is 0 Å². The van der Waals surface area contributed by atoms with Crippen molar-refractivity contribution < 1.29 is 9.53 Å². The lowest BCUT2D eigenvalue weighted by Gasteiger charge is -2.10. The minimum Gasteiger partial charge on any atom is -0.368 e. The summed E-state index contributed by atoms with van der Waals surface area (Å²) in [5.74, 6) is 0.885. The molecule has 1 fully saturated rings. The Morgan fingerprint density at radius 3 is 2.57 bits per heavy atom. The van der Waals surface area contributed by atoms with Gasteiger partial charge in [0.15, 0.2) is 5.82 Å². The normalized spacial score (nSPS) is 17.0. The van der Waals surface area contributed by atoms with E-state index in [4.69, 9.17) is 16.3 Å². The molecule has 1 unspecified atom stereocenters. The molecule has 1 saturated heterocycles. The van der Waals surface area contributed by atoms with E-state index in [1.54, 1.807) is 12.1 Å². The Labute approximate surface area is 139 Å². The Balaban J connectivity index is 1.52. The average Bonchev–Trinajstić information content (AvgIpc) is 3.10. The van der Waals surface area contributed by atoms with Crippen LogP contribution in [-0.4, -0.2) is 28.8 Å². The van der Waals surface area contributed by atoms with Gasteiger partial charge in [0.05, 0.1) is 0 Å². The summed E-state index contributed by atoms with van der Waals surface area (Å²) in [5.41, 5.74) is 1.09. The van der Waals surface area contributed by atoms with Crippen molar-refractivity contribution in [2.45, 2.75) is 25.5 Å². The van der Waals surface area contributed by atoms with Gasteiger partial charge in [0.25, 0.3) is 5.91 Å². The van der Waals surface area contributed by atoms with Crippen LogP contribution in [0.3, 0.4) is 0 Å². The number of nitrogens with one attached hydrogen (secondary N) is 2. The number of carbonyl (C=O) groups excluding carboxylic acids is 1. The molecule has 1 amide bonds. The highest BCUT2D eigenvalue weighted by Crippen LogP contribution is 2.15. The number of aromatic nitrogens is 2. The topological polar surface area (TPSA) is 76.1 Å². The average molecular weight is 333 g/mol. The first-order valence-corrected chi connectivity index (χ1v) is 7.83. The standard InChI is InChI=1S/C16H17ClN4O2/c17-12-5-3-11(4-6-12)10-18-14-7-8-15(21-20-14)19-16(22)13-2-1-9-23-13/h3-8,13H,1-2,9-10H2,(H,18,20)(H,19,21,22). The summed E-state index contributed by atoms with van der Waals surface area (Å²) in [7, 11) is 0. The van der Waals surface area contributed by atoms with Gasteiger partial charge in [-0.15, -0.1) is 10.2 Å². The Morgan fingerprint density at radius 2 is 1.91 bits per heavy atom. The first kappa shape index (κ1) is 15.7. The maximum absolute atomic E-state index is 11.9. The molecule has 3 rings (SSSR count). The smallest absolute Gasteiger partial charge is 0.254 e. The summed E-state index contributed by atoms with van der Waals surface area (Å²) < 4.78 is 5.32. The fourth-order valence-electron chi connectivity index (χ4n) is 2.28. The molecule has 2 heterocycles. The quantitative estimate of drug-likeness (QED) is 0.880. The first-order valence-electron chi connectivity index (χ1n) is 7.45. The van der Waals surface area contributed by atoms with Gasteiger partial charge in [0, 0.05) is 18.2 Å². The second-order valence-electron chi connectivity index (χ2n) is 5.27. The summed E-state index contributed by atoms with van der Waals surface area (Å²) in [6.45, 7) is 1.25. The number of halogens is 1. The number of ether oxygens (including phenoxy) is 1. The van der Waals surface area contributed by atoms with E-state index >= 15 is 0 Å². The van der Waals surface area contributed by atoms with Crippen molar-refractivity contribution in [1.82, 2.24) is 10.2 Å². The van der Waals surface area contributed by atoms with E-state index in [-0.39, 0.29) is 12.0 Å². The van der Waals surface area contributed by atoms with E-state index in [1.165, 1.54) is 0 Å². The van der Waals surface area contributed by atoms with E-state index in [0.717, 1.165) is 18.4 Å². The molecule has 2 N–H and O–H groups in total. The third-order valence-electron chi connectivity index (χ3n) is 3.52. The van der Waals surface area contributed by atoms with Crippen LogP contribution in [0, 0.1) is 0 Å². The maximum atomic E-state index is 11.9. The van der Waals surface area contributed by atoms with Gasteiger partial charge in [-0.05, 0) is 42.7 Å². The Morgan fingerprint density at radius 1 is 1.17 bits per heavy atom. The molecule has 23 heavy (non-hydrogen) atoms. The number of carbonyl (C=O) groups is 1. The van der Waals surface area contributed by atoms with E-state index in [0.29, 0.717) is 29.8 Å². The molecule has 1 aliphatic rings. The monoisotopic (exact) mass is 332 g/mol. The third-order valence-corrected chi connectivity index (χ3v) is 3.78. The lowest BCUT2D eigenvalue weighted by Crippen LogP contribution is -2.27. The predicted octanol–water partition coefficient (Wildman–Crippen LogP) is 2.86. The highest BCUT2D eigenvalue weighted by molar-refractivity contribution is 6.30. The van der Waals surface area contributed by atoms with Gasteiger partial charge in [-0.25, -0.2) is 0 Å². The van der Waals surface area contributed by atoms with Crippen molar-refractivity contribution in [3.8, 4) is 0 Å². The SMILES string of the molecule is O=C(Nc1ccc(NCc2ccc(Cl)cc2)nn1)C1CCCO1. The molecule has 0 spiro atoms. The number of rotatable bonds is 5. The molecule has 0 bridgehead atoms. The minimum atomic E-state index is -0.375. The summed E-state index contributed by atoms with van der Waals surface area (Å²) in [4.78, 5) is 11.9. The van der Waals surface area contributed by atoms with Gasteiger partial charge in [0.1, 0.15) is 11.9 Å². The van der Waals surface area contributed by atoms with Gasteiger partial charge in [-0.1, -0.05) is 23.7 Å². The van der Waals surface area contributed by atoms with Crippen molar-refractivity contribution in [1.29, 1.82) is 0 Å². The Bertz CT molecular complexity index is 655.